The lowest BCUT2D eigenvalue weighted by atomic mass is 10.0. The smallest absolute Gasteiger partial charge is 0.343 e. The molecule has 0 aromatic heterocycles. The Hall–Kier alpha value is -2.47. The first-order chi connectivity index (χ1) is 11.9. The van der Waals surface area contributed by atoms with Gasteiger partial charge in [-0.3, -0.25) is 4.90 Å². The zero-order valence-electron chi connectivity index (χ0n) is 14.4. The largest absolute Gasteiger partial charge is 0.507 e. The predicted molar refractivity (Wildman–Crippen MR) is 91.3 cm³/mol. The van der Waals surface area contributed by atoms with Crippen molar-refractivity contribution in [3.63, 3.8) is 0 Å². The molecule has 0 aliphatic carbocycles. The topological polar surface area (TPSA) is 49.8 Å². The van der Waals surface area contributed by atoms with E-state index >= 15 is 0 Å². The Morgan fingerprint density at radius 1 is 1.16 bits per heavy atom. The van der Waals surface area contributed by atoms with Crippen LogP contribution in [0.25, 0.3) is 11.1 Å². The van der Waals surface area contributed by atoms with Gasteiger partial charge in [-0.2, -0.15) is 0 Å². The maximum absolute atomic E-state index is 14.0. The lowest BCUT2D eigenvalue weighted by Crippen LogP contribution is -2.36. The summed E-state index contributed by atoms with van der Waals surface area (Å²) in [4.78, 5) is 14.3. The summed E-state index contributed by atoms with van der Waals surface area (Å²) in [6, 6.07) is 7.26. The van der Waals surface area contributed by atoms with Gasteiger partial charge in [-0.1, -0.05) is 19.9 Å². The summed E-state index contributed by atoms with van der Waals surface area (Å²) in [6.07, 6.45) is -0.465. The van der Waals surface area contributed by atoms with Crippen LogP contribution in [0.15, 0.2) is 36.4 Å². The van der Waals surface area contributed by atoms with Crippen LogP contribution in [0.3, 0.4) is 0 Å². The van der Waals surface area contributed by atoms with E-state index in [2.05, 4.69) is 0 Å². The Kier molecular flexibility index (Phi) is 6.09. The molecule has 0 amide bonds. The molecule has 6 heteroatoms. The van der Waals surface area contributed by atoms with E-state index in [-0.39, 0.29) is 16.9 Å². The lowest BCUT2D eigenvalue weighted by Gasteiger charge is -2.26. The van der Waals surface area contributed by atoms with Crippen LogP contribution in [0.2, 0.25) is 0 Å². The second-order valence-electron chi connectivity index (χ2n) is 5.58. The van der Waals surface area contributed by atoms with E-state index in [1.54, 1.807) is 6.92 Å². The van der Waals surface area contributed by atoms with Crippen molar-refractivity contribution in [2.75, 3.05) is 13.1 Å². The van der Waals surface area contributed by atoms with Gasteiger partial charge in [0.05, 0.1) is 0 Å². The average Bonchev–Trinajstić information content (AvgIpc) is 2.56. The first kappa shape index (κ1) is 18.9. The number of esters is 1. The molecule has 1 atom stereocenters. The van der Waals surface area contributed by atoms with Crippen LogP contribution in [0.1, 0.15) is 31.1 Å². The number of hydrogen-bond donors (Lipinski definition) is 1. The van der Waals surface area contributed by atoms with Crippen molar-refractivity contribution in [2.24, 2.45) is 0 Å². The molecule has 0 radical (unpaired) electrons. The van der Waals surface area contributed by atoms with E-state index in [1.165, 1.54) is 24.3 Å². The van der Waals surface area contributed by atoms with Crippen molar-refractivity contribution in [1.82, 2.24) is 4.90 Å². The zero-order chi connectivity index (χ0) is 18.6. The molecule has 25 heavy (non-hydrogen) atoms. The van der Waals surface area contributed by atoms with E-state index in [0.29, 0.717) is 18.7 Å². The molecule has 4 nitrogen and oxygen atoms in total. The normalized spacial score (nSPS) is 12.2. The van der Waals surface area contributed by atoms with E-state index < -0.39 is 23.8 Å². The fourth-order valence-electron chi connectivity index (χ4n) is 2.62. The Bertz CT molecular complexity index is 760. The van der Waals surface area contributed by atoms with Gasteiger partial charge in [-0.15, -0.1) is 0 Å². The summed E-state index contributed by atoms with van der Waals surface area (Å²) < 4.78 is 32.4. The molecule has 0 aliphatic rings. The minimum atomic E-state index is -0.749. The first-order valence-electron chi connectivity index (χ1n) is 8.10. The molecule has 2 aromatic carbocycles. The standard InChI is InChI=1S/C19H21F2NO3/c1-4-22(5-2)12(3)25-19(24)16-10-13(6-9-18(16)23)15-8-7-14(20)11-17(15)21/h6-12,23H,4-5H2,1-3H3. The highest BCUT2D eigenvalue weighted by Gasteiger charge is 2.20. The van der Waals surface area contributed by atoms with Gasteiger partial charge in [0.15, 0.2) is 6.23 Å². The van der Waals surface area contributed by atoms with Crippen LogP contribution >= 0.6 is 0 Å². The summed E-state index contributed by atoms with van der Waals surface area (Å²) in [6.45, 7) is 7.05. The predicted octanol–water partition coefficient (Wildman–Crippen LogP) is 4.18. The average molecular weight is 349 g/mol. The van der Waals surface area contributed by atoms with Gasteiger partial charge in [0.1, 0.15) is 22.9 Å². The lowest BCUT2D eigenvalue weighted by molar-refractivity contribution is -0.0198. The Morgan fingerprint density at radius 2 is 1.84 bits per heavy atom. The Morgan fingerprint density at radius 3 is 2.44 bits per heavy atom. The summed E-state index contributed by atoms with van der Waals surface area (Å²) >= 11 is 0. The number of carbonyl (C=O) groups is 1. The van der Waals surface area contributed by atoms with Crippen molar-refractivity contribution in [2.45, 2.75) is 27.0 Å². The van der Waals surface area contributed by atoms with Crippen molar-refractivity contribution < 1.29 is 23.4 Å². The summed E-state index contributed by atoms with van der Waals surface area (Å²) in [5, 5.41) is 9.96. The van der Waals surface area contributed by atoms with Gasteiger partial charge in [-0.25, -0.2) is 13.6 Å². The number of benzene rings is 2. The van der Waals surface area contributed by atoms with Crippen LogP contribution in [-0.4, -0.2) is 35.3 Å². The minimum absolute atomic E-state index is 0.0692. The number of hydrogen-bond acceptors (Lipinski definition) is 4. The second-order valence-corrected chi connectivity index (χ2v) is 5.58. The second kappa shape index (κ2) is 8.07. The Labute approximate surface area is 145 Å². The number of ether oxygens (including phenoxy) is 1. The summed E-state index contributed by atoms with van der Waals surface area (Å²) in [5.41, 5.74) is 0.408. The number of nitrogens with zero attached hydrogens (tertiary/aromatic N) is 1. The molecule has 0 bridgehead atoms. The molecule has 2 aromatic rings. The molecule has 2 rings (SSSR count). The molecule has 0 spiro atoms. The molecular weight excluding hydrogens is 328 g/mol. The molecule has 0 saturated carbocycles. The monoisotopic (exact) mass is 349 g/mol. The summed E-state index contributed by atoms with van der Waals surface area (Å²) in [7, 11) is 0. The Balaban J connectivity index is 2.31. The van der Waals surface area contributed by atoms with Crippen LogP contribution in [-0.2, 0) is 4.74 Å². The number of phenols is 1. The SMILES string of the molecule is CCN(CC)C(C)OC(=O)c1cc(-c2ccc(F)cc2F)ccc1O. The highest BCUT2D eigenvalue weighted by atomic mass is 19.1. The van der Waals surface area contributed by atoms with Crippen molar-refractivity contribution in [3.05, 3.63) is 53.6 Å². The van der Waals surface area contributed by atoms with Crippen LogP contribution in [0.5, 0.6) is 5.75 Å². The quantitative estimate of drug-likeness (QED) is 0.628. The number of phenolic OH excluding ortho intramolecular Hbond substituents is 1. The molecule has 0 aliphatic heterocycles. The molecule has 1 N–H and O–H groups in total. The minimum Gasteiger partial charge on any atom is -0.507 e. The molecular formula is C19H21F2NO3. The molecule has 1 unspecified atom stereocenters. The van der Waals surface area contributed by atoms with Gasteiger partial charge in [0, 0.05) is 11.6 Å². The van der Waals surface area contributed by atoms with Gasteiger partial charge in [-0.05, 0) is 49.8 Å². The maximum atomic E-state index is 14.0. The van der Waals surface area contributed by atoms with Crippen molar-refractivity contribution in [1.29, 1.82) is 0 Å². The summed E-state index contributed by atoms with van der Waals surface area (Å²) in [5.74, 6) is -2.40. The van der Waals surface area contributed by atoms with E-state index in [9.17, 15) is 18.7 Å². The highest BCUT2D eigenvalue weighted by molar-refractivity contribution is 5.94. The number of halogens is 2. The fraction of sp³-hybridized carbons (Fsp3) is 0.316. The highest BCUT2D eigenvalue weighted by Crippen LogP contribution is 2.29. The third kappa shape index (κ3) is 4.33. The van der Waals surface area contributed by atoms with Crippen molar-refractivity contribution >= 4 is 5.97 Å². The van der Waals surface area contributed by atoms with Crippen LogP contribution < -0.4 is 0 Å². The third-order valence-electron chi connectivity index (χ3n) is 4.06. The number of carbonyl (C=O) groups excluding carboxylic acids is 1. The fourth-order valence-corrected chi connectivity index (χ4v) is 2.62. The molecule has 0 heterocycles. The van der Waals surface area contributed by atoms with E-state index in [4.69, 9.17) is 4.74 Å². The number of rotatable bonds is 6. The zero-order valence-corrected chi connectivity index (χ0v) is 14.4. The van der Waals surface area contributed by atoms with Crippen LogP contribution in [0.4, 0.5) is 8.78 Å². The van der Waals surface area contributed by atoms with Crippen molar-refractivity contribution in [3.8, 4) is 16.9 Å². The molecule has 134 valence electrons. The van der Waals surface area contributed by atoms with Gasteiger partial charge in [0.2, 0.25) is 0 Å². The van der Waals surface area contributed by atoms with Gasteiger partial charge < -0.3 is 9.84 Å². The maximum Gasteiger partial charge on any atom is 0.343 e. The van der Waals surface area contributed by atoms with Crippen LogP contribution in [0, 0.1) is 11.6 Å². The first-order valence-corrected chi connectivity index (χ1v) is 8.10. The van der Waals surface area contributed by atoms with E-state index in [1.807, 2.05) is 18.7 Å². The van der Waals surface area contributed by atoms with Gasteiger partial charge >= 0.3 is 5.97 Å². The van der Waals surface area contributed by atoms with Gasteiger partial charge in [0.25, 0.3) is 0 Å². The molecule has 0 fully saturated rings. The molecule has 0 saturated heterocycles. The van der Waals surface area contributed by atoms with E-state index in [0.717, 1.165) is 12.1 Å². The third-order valence-corrected chi connectivity index (χ3v) is 4.06. The number of aromatic hydroxyl groups is 1.